The zero-order chi connectivity index (χ0) is 25.6. The molecule has 0 unspecified atom stereocenters. The first kappa shape index (κ1) is 24.3. The Balaban J connectivity index is 1.49. The van der Waals surface area contributed by atoms with Crippen molar-refractivity contribution in [1.29, 1.82) is 0 Å². The Labute approximate surface area is 215 Å². The second-order valence-electron chi connectivity index (χ2n) is 9.27. The van der Waals surface area contributed by atoms with E-state index in [0.717, 1.165) is 31.2 Å². The number of fused-ring (bicyclic) bond motifs is 1. The van der Waals surface area contributed by atoms with Crippen molar-refractivity contribution in [3.63, 3.8) is 0 Å². The van der Waals surface area contributed by atoms with Gasteiger partial charge in [-0.25, -0.2) is 4.79 Å². The molecule has 0 radical (unpaired) electrons. The summed E-state index contributed by atoms with van der Waals surface area (Å²) in [6.07, 6.45) is 7.81. The smallest absolute Gasteiger partial charge is 0.420 e. The van der Waals surface area contributed by atoms with Crippen LogP contribution < -0.4 is 15.0 Å². The van der Waals surface area contributed by atoms with Crippen LogP contribution in [0.3, 0.4) is 0 Å². The molecule has 7 nitrogen and oxygen atoms in total. The van der Waals surface area contributed by atoms with Crippen molar-refractivity contribution in [2.75, 3.05) is 4.90 Å². The number of phenolic OH excluding ortho intramolecular Hbond substituents is 1. The molecule has 7 heteroatoms. The molecule has 1 aliphatic rings. The molecule has 4 aromatic rings. The number of hydrogen-bond acceptors (Lipinski definition) is 5. The van der Waals surface area contributed by atoms with Gasteiger partial charge in [0.15, 0.2) is 5.75 Å². The Morgan fingerprint density at radius 1 is 0.919 bits per heavy atom. The minimum absolute atomic E-state index is 0.104. The number of pyridine rings is 1. The SMILES string of the molecule is O=C(NC1CCCCC1)c1ccc2c(N(Cc3ccccc3)C(=O)Oc3cccnc3)cccc2c1O. The van der Waals surface area contributed by atoms with Gasteiger partial charge in [-0.15, -0.1) is 0 Å². The topological polar surface area (TPSA) is 91.8 Å². The van der Waals surface area contributed by atoms with E-state index in [1.807, 2.05) is 30.3 Å². The summed E-state index contributed by atoms with van der Waals surface area (Å²) in [5.74, 6) is -0.0582. The molecule has 2 N–H and O–H groups in total. The Hall–Kier alpha value is -4.39. The molecular weight excluding hydrogens is 466 g/mol. The highest BCUT2D eigenvalue weighted by Gasteiger charge is 2.24. The zero-order valence-corrected chi connectivity index (χ0v) is 20.5. The highest BCUT2D eigenvalue weighted by Crippen LogP contribution is 2.36. The van der Waals surface area contributed by atoms with Crippen LogP contribution >= 0.6 is 0 Å². The highest BCUT2D eigenvalue weighted by atomic mass is 16.6. The molecule has 0 bridgehead atoms. The number of aromatic nitrogens is 1. The third-order valence-corrected chi connectivity index (χ3v) is 6.73. The van der Waals surface area contributed by atoms with Gasteiger partial charge in [-0.1, -0.05) is 67.8 Å². The van der Waals surface area contributed by atoms with E-state index in [2.05, 4.69) is 10.3 Å². The van der Waals surface area contributed by atoms with Gasteiger partial charge in [-0.3, -0.25) is 14.7 Å². The van der Waals surface area contributed by atoms with Gasteiger partial charge >= 0.3 is 6.09 Å². The van der Waals surface area contributed by atoms with Crippen LogP contribution in [0.5, 0.6) is 11.5 Å². The number of carbonyl (C=O) groups excluding carboxylic acids is 2. The van der Waals surface area contributed by atoms with Crippen LogP contribution in [0.25, 0.3) is 10.8 Å². The number of carbonyl (C=O) groups is 2. The van der Waals surface area contributed by atoms with E-state index in [9.17, 15) is 14.7 Å². The summed E-state index contributed by atoms with van der Waals surface area (Å²) in [5, 5.41) is 15.3. The Bertz CT molecular complexity index is 1390. The number of aromatic hydroxyl groups is 1. The van der Waals surface area contributed by atoms with E-state index >= 15 is 0 Å². The molecule has 1 fully saturated rings. The second-order valence-corrected chi connectivity index (χ2v) is 9.27. The number of rotatable bonds is 6. The molecule has 0 aliphatic heterocycles. The fourth-order valence-corrected chi connectivity index (χ4v) is 4.83. The number of amides is 2. The van der Waals surface area contributed by atoms with Crippen LogP contribution in [0.4, 0.5) is 10.5 Å². The molecule has 0 spiro atoms. The summed E-state index contributed by atoms with van der Waals surface area (Å²) < 4.78 is 5.63. The van der Waals surface area contributed by atoms with E-state index in [4.69, 9.17) is 4.74 Å². The largest absolute Gasteiger partial charge is 0.506 e. The molecule has 1 aromatic heterocycles. The molecule has 3 aromatic carbocycles. The lowest BCUT2D eigenvalue weighted by Crippen LogP contribution is -2.36. The first-order valence-corrected chi connectivity index (χ1v) is 12.6. The molecule has 2 amide bonds. The number of nitrogens with zero attached hydrogens (tertiary/aromatic N) is 2. The number of benzene rings is 3. The van der Waals surface area contributed by atoms with Gasteiger partial charge in [0, 0.05) is 23.0 Å². The molecule has 37 heavy (non-hydrogen) atoms. The van der Waals surface area contributed by atoms with E-state index in [1.54, 1.807) is 48.7 Å². The maximum Gasteiger partial charge on any atom is 0.420 e. The highest BCUT2D eigenvalue weighted by molar-refractivity contribution is 6.09. The first-order valence-electron chi connectivity index (χ1n) is 12.6. The predicted molar refractivity (Wildman–Crippen MR) is 143 cm³/mol. The standard InChI is InChI=1S/C30H29N3O4/c34-28-25-14-7-15-27(24(25)16-17-26(28)29(35)32-22-11-5-2-6-12-22)33(20-21-9-3-1-4-10-21)30(36)37-23-13-8-18-31-19-23/h1,3-4,7-10,13-19,22,34H,2,5-6,11-12,20H2,(H,32,35). The number of nitrogens with one attached hydrogen (secondary N) is 1. The van der Waals surface area contributed by atoms with Crippen molar-refractivity contribution < 1.29 is 19.4 Å². The van der Waals surface area contributed by atoms with Gasteiger partial charge in [0.2, 0.25) is 0 Å². The van der Waals surface area contributed by atoms with Gasteiger partial charge in [0.05, 0.1) is 24.0 Å². The normalized spacial score (nSPS) is 13.7. The summed E-state index contributed by atoms with van der Waals surface area (Å²) in [5.41, 5.74) is 1.70. The maximum absolute atomic E-state index is 13.4. The number of anilines is 1. The Kier molecular flexibility index (Phi) is 7.31. The minimum Gasteiger partial charge on any atom is -0.506 e. The predicted octanol–water partition coefficient (Wildman–Crippen LogP) is 6.21. The summed E-state index contributed by atoms with van der Waals surface area (Å²) in [7, 11) is 0. The van der Waals surface area contributed by atoms with Crippen molar-refractivity contribution in [3.8, 4) is 11.5 Å². The summed E-state index contributed by atoms with van der Waals surface area (Å²) in [4.78, 5) is 31.9. The molecule has 188 valence electrons. The van der Waals surface area contributed by atoms with Crippen LogP contribution in [0.15, 0.2) is 85.2 Å². The van der Waals surface area contributed by atoms with Crippen molar-refractivity contribution in [3.05, 3.63) is 96.3 Å². The Morgan fingerprint density at radius 3 is 2.49 bits per heavy atom. The average molecular weight is 496 g/mol. The van der Waals surface area contributed by atoms with E-state index in [0.29, 0.717) is 22.2 Å². The second kappa shape index (κ2) is 11.1. The molecule has 1 heterocycles. The quantitative estimate of drug-likeness (QED) is 0.332. The molecular formula is C30H29N3O4. The third kappa shape index (κ3) is 5.56. The summed E-state index contributed by atoms with van der Waals surface area (Å²) in [6, 6.07) is 21.8. The molecule has 0 saturated heterocycles. The van der Waals surface area contributed by atoms with Crippen molar-refractivity contribution >= 4 is 28.5 Å². The Morgan fingerprint density at radius 2 is 1.73 bits per heavy atom. The molecule has 1 aliphatic carbocycles. The minimum atomic E-state index is -0.581. The van der Waals surface area contributed by atoms with Crippen molar-refractivity contribution in [2.24, 2.45) is 0 Å². The van der Waals surface area contributed by atoms with Crippen LogP contribution in [-0.2, 0) is 6.54 Å². The van der Waals surface area contributed by atoms with Gasteiger partial charge in [0.1, 0.15) is 5.75 Å². The van der Waals surface area contributed by atoms with E-state index in [1.165, 1.54) is 17.5 Å². The maximum atomic E-state index is 13.4. The third-order valence-electron chi connectivity index (χ3n) is 6.73. The number of ether oxygens (including phenoxy) is 1. The van der Waals surface area contributed by atoms with Crippen molar-refractivity contribution in [1.82, 2.24) is 10.3 Å². The lowest BCUT2D eigenvalue weighted by Gasteiger charge is -2.25. The van der Waals surface area contributed by atoms with Crippen LogP contribution in [-0.4, -0.2) is 28.1 Å². The average Bonchev–Trinajstić information content (AvgIpc) is 2.93. The van der Waals surface area contributed by atoms with E-state index in [-0.39, 0.29) is 29.8 Å². The summed E-state index contributed by atoms with van der Waals surface area (Å²) >= 11 is 0. The fourth-order valence-electron chi connectivity index (χ4n) is 4.83. The lowest BCUT2D eigenvalue weighted by molar-refractivity contribution is 0.0925. The number of phenols is 1. The van der Waals surface area contributed by atoms with Crippen molar-refractivity contribution in [2.45, 2.75) is 44.7 Å². The van der Waals surface area contributed by atoms with Gasteiger partial charge < -0.3 is 15.2 Å². The number of hydrogen-bond donors (Lipinski definition) is 2. The monoisotopic (exact) mass is 495 g/mol. The van der Waals surface area contributed by atoms with Crippen LogP contribution in [0.2, 0.25) is 0 Å². The van der Waals surface area contributed by atoms with Gasteiger partial charge in [-0.2, -0.15) is 0 Å². The first-order chi connectivity index (χ1) is 18.1. The lowest BCUT2D eigenvalue weighted by atomic mass is 9.95. The summed E-state index contributed by atoms with van der Waals surface area (Å²) in [6.45, 7) is 0.254. The van der Waals surface area contributed by atoms with E-state index < -0.39 is 6.09 Å². The van der Waals surface area contributed by atoms with Gasteiger partial charge in [0.25, 0.3) is 5.91 Å². The van der Waals surface area contributed by atoms with Gasteiger partial charge in [-0.05, 0) is 42.7 Å². The molecule has 1 saturated carbocycles. The van der Waals surface area contributed by atoms with Crippen LogP contribution in [0.1, 0.15) is 48.0 Å². The molecule has 0 atom stereocenters. The zero-order valence-electron chi connectivity index (χ0n) is 20.5. The molecule has 5 rings (SSSR count). The fraction of sp³-hybridized carbons (Fsp3) is 0.233. The van der Waals surface area contributed by atoms with Crippen LogP contribution in [0, 0.1) is 0 Å².